The van der Waals surface area contributed by atoms with Gasteiger partial charge in [-0.15, -0.1) is 19.3 Å². The van der Waals surface area contributed by atoms with Gasteiger partial charge in [0.05, 0.1) is 52.5 Å². The van der Waals surface area contributed by atoms with Crippen LogP contribution in [0, 0.1) is 54.5 Å². The molecule has 576 valence electrons. The number of halogens is 12. The first-order valence-corrected chi connectivity index (χ1v) is 38.0. The average Bonchev–Trinajstić information content (AvgIpc) is 1.78. The molecule has 3 aromatic carbocycles. The number of terminal acetylenes is 3. The number of aryl methyl sites for hydroxylation is 2. The van der Waals surface area contributed by atoms with Crippen molar-refractivity contribution in [2.45, 2.75) is 102 Å². The Hall–Kier alpha value is -10.3. The number of carbonyl (C=O) groups excluding carboxylic acids is 3. The third-order valence-electron chi connectivity index (χ3n) is 15.8. The van der Waals surface area contributed by atoms with Crippen molar-refractivity contribution in [2.75, 3.05) is 94.0 Å². The second-order valence-corrected chi connectivity index (χ2v) is 29.4. The number of alkyl halides is 9. The molecule has 3 amide bonds. The SMILES string of the molecule is C#Cc1cc(CNC(=O)/C=C/c2ccc(C(F)(F)F)nc2N2CCCC2)cc(F)c1NS(C)(=O)=O.C#Cc1cc(CNC(=O)CCc2ccc(C(F)(F)F)nc2N2CCCC2)cc(F)c1NS(C)(=O)=O.C#Cc1cc(CNC(=O)CCc2ccc(C(F)(F)F)nc2N2CCCC2)cc(F)c1NS(C)(=O)=O.CO. The molecule has 0 saturated carbocycles. The number of hydrogen-bond acceptors (Lipinski definition) is 16. The Kier molecular flexibility index (Phi) is 29.9. The highest BCUT2D eigenvalue weighted by Gasteiger charge is 2.37. The molecule has 3 aliphatic heterocycles. The van der Waals surface area contributed by atoms with E-state index in [1.54, 1.807) is 14.7 Å². The van der Waals surface area contributed by atoms with Crippen LogP contribution in [0.2, 0.25) is 0 Å². The first-order valence-electron chi connectivity index (χ1n) is 32.3. The molecule has 22 nitrogen and oxygen atoms in total. The van der Waals surface area contributed by atoms with E-state index in [4.69, 9.17) is 24.4 Å². The zero-order valence-corrected chi connectivity index (χ0v) is 60.3. The Morgan fingerprint density at radius 3 is 1.06 bits per heavy atom. The fraction of sp³-hybridized carbons (Fsp3) is 0.371. The second kappa shape index (κ2) is 37.3. The van der Waals surface area contributed by atoms with Crippen LogP contribution in [0.1, 0.15) is 119 Å². The van der Waals surface area contributed by atoms with Crippen LogP contribution < -0.4 is 44.8 Å². The maximum absolute atomic E-state index is 14.4. The smallest absolute Gasteiger partial charge is 0.400 e. The lowest BCUT2D eigenvalue weighted by Crippen LogP contribution is -2.25. The van der Waals surface area contributed by atoms with Gasteiger partial charge in [0, 0.05) is 90.5 Å². The number of nitrogens with zero attached hydrogens (tertiary/aromatic N) is 6. The molecule has 6 aromatic rings. The van der Waals surface area contributed by atoms with Gasteiger partial charge in [0.15, 0.2) is 0 Å². The highest BCUT2D eigenvalue weighted by Crippen LogP contribution is 2.36. The van der Waals surface area contributed by atoms with Gasteiger partial charge in [-0.1, -0.05) is 29.9 Å². The lowest BCUT2D eigenvalue weighted by molar-refractivity contribution is -0.141. The van der Waals surface area contributed by atoms with Crippen LogP contribution in [0.4, 0.5) is 87.2 Å². The standard InChI is InChI=1S/2C23H24F4N4O3S.C23H22F4N4O3S.CH4O/c3*1-3-16-12-15(13-18(24)21(16)30-35(2,33)34)14-28-20(32)9-7-17-6-8-19(23(25,26)27)29-22(17)31-10-4-5-11-31;1-2/h2*1,6,8,12-13,30H,4-5,7,9-11,14H2,2H3,(H,28,32);1,6-9,12-13,30H,4-5,10-11,14H2,2H3,(H,28,32);2H,1H3/b;;9-7+;. The first-order chi connectivity index (χ1) is 50.1. The highest BCUT2D eigenvalue weighted by atomic mass is 32.2. The van der Waals surface area contributed by atoms with Crippen molar-refractivity contribution in [1.29, 1.82) is 0 Å². The zero-order valence-electron chi connectivity index (χ0n) is 57.8. The van der Waals surface area contributed by atoms with Crippen molar-refractivity contribution in [3.63, 3.8) is 0 Å². The predicted octanol–water partition coefficient (Wildman–Crippen LogP) is 10.0. The number of anilines is 6. The molecule has 0 atom stereocenters. The quantitative estimate of drug-likeness (QED) is 0.0178. The van der Waals surface area contributed by atoms with Crippen LogP contribution >= 0.6 is 0 Å². The topological polar surface area (TPSA) is 294 Å². The van der Waals surface area contributed by atoms with Gasteiger partial charge in [-0.25, -0.2) is 53.4 Å². The Balaban J connectivity index is 0.000000248. The zero-order chi connectivity index (χ0) is 79.4. The van der Waals surface area contributed by atoms with Gasteiger partial charge in [-0.05, 0) is 146 Å². The fourth-order valence-electron chi connectivity index (χ4n) is 11.0. The summed E-state index contributed by atoms with van der Waals surface area (Å²) in [5.41, 5.74) is -1.79. The van der Waals surface area contributed by atoms with Gasteiger partial charge < -0.3 is 35.8 Å². The summed E-state index contributed by atoms with van der Waals surface area (Å²) in [6.07, 6.45) is 12.8. The molecule has 0 aliphatic carbocycles. The third-order valence-corrected chi connectivity index (χ3v) is 17.5. The van der Waals surface area contributed by atoms with E-state index in [2.05, 4.69) is 48.7 Å². The maximum atomic E-state index is 14.4. The van der Waals surface area contributed by atoms with Gasteiger partial charge >= 0.3 is 18.5 Å². The van der Waals surface area contributed by atoms with Gasteiger partial charge in [-0.2, -0.15) is 39.5 Å². The van der Waals surface area contributed by atoms with E-state index in [1.165, 1.54) is 42.5 Å². The van der Waals surface area contributed by atoms with Crippen LogP contribution in [-0.4, -0.2) is 128 Å². The average molecular weight is 1570 g/mol. The van der Waals surface area contributed by atoms with Crippen LogP contribution in [-0.2, 0) is 95.5 Å². The van der Waals surface area contributed by atoms with Crippen LogP contribution in [0.15, 0.2) is 78.9 Å². The van der Waals surface area contributed by atoms with Crippen molar-refractivity contribution in [3.8, 4) is 37.0 Å². The number of hydrogen-bond donors (Lipinski definition) is 7. The summed E-state index contributed by atoms with van der Waals surface area (Å²) >= 11 is 0. The number of rotatable bonds is 23. The predicted molar refractivity (Wildman–Crippen MR) is 380 cm³/mol. The summed E-state index contributed by atoms with van der Waals surface area (Å²) in [6, 6.07) is 13.9. The number of amides is 3. The Morgan fingerprint density at radius 2 is 0.757 bits per heavy atom. The van der Waals surface area contributed by atoms with Crippen LogP contribution in [0.5, 0.6) is 0 Å². The summed E-state index contributed by atoms with van der Waals surface area (Å²) in [5, 5.41) is 14.8. The molecule has 7 N–H and O–H groups in total. The second-order valence-electron chi connectivity index (χ2n) is 24.2. The molecular formula is C70H74F12N12O10S3. The minimum Gasteiger partial charge on any atom is -0.400 e. The number of pyridine rings is 3. The lowest BCUT2D eigenvalue weighted by atomic mass is 10.1. The summed E-state index contributed by atoms with van der Waals surface area (Å²) in [6.45, 7) is 3.24. The molecule has 107 heavy (non-hydrogen) atoms. The summed E-state index contributed by atoms with van der Waals surface area (Å²) < 4.78 is 236. The van der Waals surface area contributed by atoms with Gasteiger partial charge in [-0.3, -0.25) is 28.5 Å². The molecule has 3 aliphatic rings. The van der Waals surface area contributed by atoms with Crippen LogP contribution in [0.25, 0.3) is 6.08 Å². The number of benzene rings is 3. The monoisotopic (exact) mass is 1570 g/mol. The summed E-state index contributed by atoms with van der Waals surface area (Å²) in [7, 11) is -10.3. The number of aliphatic hydroxyl groups excluding tert-OH is 1. The summed E-state index contributed by atoms with van der Waals surface area (Å²) in [4.78, 5) is 53.8. The fourth-order valence-corrected chi connectivity index (χ4v) is 12.7. The van der Waals surface area contributed by atoms with E-state index in [9.17, 15) is 92.3 Å². The van der Waals surface area contributed by atoms with E-state index in [0.717, 1.165) is 107 Å². The van der Waals surface area contributed by atoms with E-state index in [-0.39, 0.29) is 102 Å². The number of carbonyl (C=O) groups is 3. The minimum absolute atomic E-state index is 0.0217. The largest absolute Gasteiger partial charge is 0.433 e. The Labute approximate surface area is 610 Å². The Bertz CT molecular complexity index is 4540. The van der Waals surface area contributed by atoms with Crippen molar-refractivity contribution in [2.24, 2.45) is 0 Å². The van der Waals surface area contributed by atoms with Gasteiger partial charge in [0.2, 0.25) is 47.8 Å². The lowest BCUT2D eigenvalue weighted by Gasteiger charge is -2.21. The molecule has 6 heterocycles. The minimum atomic E-state index is -4.59. The van der Waals surface area contributed by atoms with Gasteiger partial charge in [0.1, 0.15) is 52.0 Å². The first kappa shape index (κ1) is 85.6. The molecule has 3 fully saturated rings. The number of aliphatic hydroxyl groups is 1. The number of sulfonamides is 3. The molecule has 3 aromatic heterocycles. The van der Waals surface area contributed by atoms with Gasteiger partial charge in [0.25, 0.3) is 0 Å². The molecular weight excluding hydrogens is 1490 g/mol. The molecule has 3 saturated heterocycles. The maximum Gasteiger partial charge on any atom is 0.433 e. The number of nitrogens with one attached hydrogen (secondary N) is 6. The van der Waals surface area contributed by atoms with Crippen LogP contribution in [0.3, 0.4) is 0 Å². The third kappa shape index (κ3) is 26.3. The van der Waals surface area contributed by atoms with Crippen molar-refractivity contribution >= 4 is 88.4 Å². The van der Waals surface area contributed by atoms with E-state index in [0.29, 0.717) is 67.1 Å². The van der Waals surface area contributed by atoms with E-state index in [1.807, 2.05) is 14.2 Å². The molecule has 37 heteroatoms. The number of aromatic nitrogens is 3. The summed E-state index contributed by atoms with van der Waals surface area (Å²) in [5.74, 6) is 3.16. The van der Waals surface area contributed by atoms with Crippen molar-refractivity contribution in [1.82, 2.24) is 30.9 Å². The van der Waals surface area contributed by atoms with Crippen molar-refractivity contribution in [3.05, 3.63) is 163 Å². The molecule has 9 rings (SSSR count). The highest BCUT2D eigenvalue weighted by molar-refractivity contribution is 7.92. The molecule has 0 bridgehead atoms. The molecule has 0 unspecified atom stereocenters. The van der Waals surface area contributed by atoms with E-state index >= 15 is 0 Å². The van der Waals surface area contributed by atoms with Crippen molar-refractivity contribution < 1.29 is 97.4 Å². The molecule has 0 spiro atoms. The van der Waals surface area contributed by atoms with E-state index < -0.39 is 101 Å². The Morgan fingerprint density at radius 1 is 0.467 bits per heavy atom. The normalized spacial score (nSPS) is 13.9. The molecule has 0 radical (unpaired) electrons.